The molecule has 162 valence electrons. The van der Waals surface area contributed by atoms with Gasteiger partial charge in [0.1, 0.15) is 6.54 Å². The van der Waals surface area contributed by atoms with E-state index < -0.39 is 10.0 Å². The SMILES string of the molecule is Cc1ccc(S(=O)(=O)N2CC[NH+](CC(=O)c3cc(C)n(C4CC4)c3C)CC2)cc1C. The molecule has 1 saturated heterocycles. The van der Waals surface area contributed by atoms with Crippen LogP contribution in [-0.4, -0.2) is 55.8 Å². The number of Topliss-reactive ketones (excluding diaryl/α,β-unsaturated/α-hetero) is 1. The average Bonchev–Trinajstić information content (AvgIpc) is 3.48. The minimum absolute atomic E-state index is 0.162. The van der Waals surface area contributed by atoms with Crippen molar-refractivity contribution in [3.63, 3.8) is 0 Å². The number of hydrogen-bond acceptors (Lipinski definition) is 3. The van der Waals surface area contributed by atoms with Crippen LogP contribution in [-0.2, 0) is 10.0 Å². The zero-order valence-corrected chi connectivity index (χ0v) is 19.2. The smallest absolute Gasteiger partial charge is 0.243 e. The quantitative estimate of drug-likeness (QED) is 0.711. The van der Waals surface area contributed by atoms with Crippen molar-refractivity contribution in [2.45, 2.75) is 51.5 Å². The van der Waals surface area contributed by atoms with Crippen LogP contribution >= 0.6 is 0 Å². The second-order valence-electron chi connectivity index (χ2n) is 8.89. The van der Waals surface area contributed by atoms with E-state index in [0.29, 0.717) is 43.7 Å². The summed E-state index contributed by atoms with van der Waals surface area (Å²) in [5.41, 5.74) is 5.14. The number of sulfonamides is 1. The summed E-state index contributed by atoms with van der Waals surface area (Å²) in [5.74, 6) is 0.162. The van der Waals surface area contributed by atoms with E-state index in [9.17, 15) is 13.2 Å². The first-order valence-electron chi connectivity index (χ1n) is 10.8. The fourth-order valence-electron chi connectivity index (χ4n) is 4.52. The number of ketones is 1. The highest BCUT2D eigenvalue weighted by Gasteiger charge is 2.33. The minimum atomic E-state index is -3.49. The Morgan fingerprint density at radius 3 is 2.30 bits per heavy atom. The van der Waals surface area contributed by atoms with Crippen LogP contribution in [0.15, 0.2) is 29.2 Å². The third-order valence-electron chi connectivity index (χ3n) is 6.65. The Bertz CT molecular complexity index is 1080. The fourth-order valence-corrected chi connectivity index (χ4v) is 6.05. The van der Waals surface area contributed by atoms with Crippen LogP contribution < -0.4 is 4.90 Å². The molecule has 2 aromatic rings. The summed E-state index contributed by atoms with van der Waals surface area (Å²) in [4.78, 5) is 14.5. The zero-order valence-electron chi connectivity index (χ0n) is 18.4. The highest BCUT2D eigenvalue weighted by Crippen LogP contribution is 2.38. The number of carbonyl (C=O) groups is 1. The molecular weight excluding hydrogens is 398 g/mol. The maximum atomic E-state index is 13.0. The van der Waals surface area contributed by atoms with Gasteiger partial charge in [0.05, 0.1) is 31.1 Å². The summed E-state index contributed by atoms with van der Waals surface area (Å²) in [6, 6.07) is 7.90. The molecule has 1 saturated carbocycles. The lowest BCUT2D eigenvalue weighted by Gasteiger charge is -2.31. The van der Waals surface area contributed by atoms with Gasteiger partial charge in [0.2, 0.25) is 15.8 Å². The van der Waals surface area contributed by atoms with Crippen LogP contribution in [0.1, 0.15) is 51.8 Å². The standard InChI is InChI=1S/C23H31N3O3S/c1-16-5-8-21(13-17(16)2)30(28,29)25-11-9-24(10-12-25)15-23(27)22-14-18(3)26(19(22)4)20-6-7-20/h5,8,13-14,20H,6-7,9-12,15H2,1-4H3/p+1. The van der Waals surface area contributed by atoms with Gasteiger partial charge in [-0.2, -0.15) is 4.31 Å². The van der Waals surface area contributed by atoms with Crippen molar-refractivity contribution in [3.8, 4) is 0 Å². The second kappa shape index (κ2) is 7.94. The Morgan fingerprint density at radius 1 is 1.03 bits per heavy atom. The van der Waals surface area contributed by atoms with Gasteiger partial charge in [-0.05, 0) is 69.9 Å². The van der Waals surface area contributed by atoms with E-state index in [2.05, 4.69) is 11.5 Å². The summed E-state index contributed by atoms with van der Waals surface area (Å²) >= 11 is 0. The fraction of sp³-hybridized carbons (Fsp3) is 0.522. The number of aromatic nitrogens is 1. The Kier molecular flexibility index (Phi) is 5.64. The maximum absolute atomic E-state index is 13.0. The molecule has 4 rings (SSSR count). The summed E-state index contributed by atoms with van der Waals surface area (Å²) in [6.07, 6.45) is 2.40. The molecule has 0 atom stereocenters. The zero-order chi connectivity index (χ0) is 21.6. The van der Waals surface area contributed by atoms with Gasteiger partial charge in [-0.1, -0.05) is 6.07 Å². The lowest BCUT2D eigenvalue weighted by molar-refractivity contribution is -0.895. The Hall–Kier alpha value is -1.96. The normalized spacial score (nSPS) is 18.7. The Labute approximate surface area is 179 Å². The molecule has 1 N–H and O–H groups in total. The molecule has 1 aliphatic heterocycles. The number of rotatable bonds is 6. The predicted molar refractivity (Wildman–Crippen MR) is 117 cm³/mol. The van der Waals surface area contributed by atoms with Crippen LogP contribution in [0, 0.1) is 27.7 Å². The van der Waals surface area contributed by atoms with Gasteiger partial charge in [-0.15, -0.1) is 0 Å². The van der Waals surface area contributed by atoms with Crippen molar-refractivity contribution in [1.29, 1.82) is 0 Å². The summed E-state index contributed by atoms with van der Waals surface area (Å²) < 4.78 is 29.9. The molecule has 0 spiro atoms. The first-order chi connectivity index (χ1) is 14.2. The lowest BCUT2D eigenvalue weighted by atomic mass is 10.1. The number of benzene rings is 1. The van der Waals surface area contributed by atoms with E-state index >= 15 is 0 Å². The Morgan fingerprint density at radius 2 is 1.70 bits per heavy atom. The van der Waals surface area contributed by atoms with Gasteiger partial charge in [0.15, 0.2) is 0 Å². The summed E-state index contributed by atoms with van der Waals surface area (Å²) in [5, 5.41) is 0. The van der Waals surface area contributed by atoms with E-state index in [1.54, 1.807) is 16.4 Å². The maximum Gasteiger partial charge on any atom is 0.243 e. The van der Waals surface area contributed by atoms with E-state index in [1.807, 2.05) is 32.9 Å². The molecule has 6 nitrogen and oxygen atoms in total. The third kappa shape index (κ3) is 3.98. The highest BCUT2D eigenvalue weighted by atomic mass is 32.2. The molecule has 0 bridgehead atoms. The van der Waals surface area contributed by atoms with Gasteiger partial charge in [0.25, 0.3) is 0 Å². The van der Waals surface area contributed by atoms with Gasteiger partial charge in [-0.3, -0.25) is 4.79 Å². The number of aryl methyl sites for hydroxylation is 3. The van der Waals surface area contributed by atoms with Crippen molar-refractivity contribution in [1.82, 2.24) is 8.87 Å². The molecule has 2 fully saturated rings. The average molecular weight is 431 g/mol. The van der Waals surface area contributed by atoms with Gasteiger partial charge in [-0.25, -0.2) is 8.42 Å². The van der Waals surface area contributed by atoms with Crippen LogP contribution in [0.4, 0.5) is 0 Å². The molecule has 30 heavy (non-hydrogen) atoms. The van der Waals surface area contributed by atoms with E-state index in [-0.39, 0.29) is 5.78 Å². The van der Waals surface area contributed by atoms with Crippen LogP contribution in [0.3, 0.4) is 0 Å². The van der Waals surface area contributed by atoms with E-state index in [0.717, 1.165) is 33.0 Å². The number of quaternary nitrogens is 1. The molecule has 7 heteroatoms. The summed E-state index contributed by atoms with van der Waals surface area (Å²) in [7, 11) is -3.49. The van der Waals surface area contributed by atoms with Crippen molar-refractivity contribution in [3.05, 3.63) is 52.3 Å². The molecule has 1 aromatic heterocycles. The first kappa shape index (κ1) is 21.3. The van der Waals surface area contributed by atoms with Gasteiger partial charge >= 0.3 is 0 Å². The highest BCUT2D eigenvalue weighted by molar-refractivity contribution is 7.89. The van der Waals surface area contributed by atoms with Gasteiger partial charge in [0, 0.05) is 23.0 Å². The third-order valence-corrected chi connectivity index (χ3v) is 8.55. The minimum Gasteiger partial charge on any atom is -0.345 e. The second-order valence-corrected chi connectivity index (χ2v) is 10.8. The molecule has 0 unspecified atom stereocenters. The molecule has 1 aliphatic carbocycles. The predicted octanol–water partition coefficient (Wildman–Crippen LogP) is 1.83. The molecule has 2 heterocycles. The molecule has 1 aromatic carbocycles. The van der Waals surface area contributed by atoms with Crippen molar-refractivity contribution in [2.24, 2.45) is 0 Å². The number of nitrogens with zero attached hydrogens (tertiary/aromatic N) is 2. The van der Waals surface area contributed by atoms with Crippen LogP contribution in [0.25, 0.3) is 0 Å². The lowest BCUT2D eigenvalue weighted by Crippen LogP contribution is -3.15. The van der Waals surface area contributed by atoms with E-state index in [4.69, 9.17) is 0 Å². The van der Waals surface area contributed by atoms with Crippen LogP contribution in [0.5, 0.6) is 0 Å². The van der Waals surface area contributed by atoms with Crippen molar-refractivity contribution >= 4 is 15.8 Å². The van der Waals surface area contributed by atoms with Crippen molar-refractivity contribution in [2.75, 3.05) is 32.7 Å². The summed E-state index contributed by atoms with van der Waals surface area (Å²) in [6.45, 7) is 10.6. The number of nitrogens with one attached hydrogen (secondary N) is 1. The number of hydrogen-bond donors (Lipinski definition) is 1. The monoisotopic (exact) mass is 430 g/mol. The topological polar surface area (TPSA) is 63.8 Å². The molecular formula is C23H32N3O3S+. The van der Waals surface area contributed by atoms with E-state index in [1.165, 1.54) is 12.8 Å². The largest absolute Gasteiger partial charge is 0.345 e. The van der Waals surface area contributed by atoms with Crippen LogP contribution in [0.2, 0.25) is 0 Å². The molecule has 2 aliphatic rings. The number of piperazine rings is 1. The number of carbonyl (C=O) groups excluding carboxylic acids is 1. The van der Waals surface area contributed by atoms with Crippen molar-refractivity contribution < 1.29 is 18.1 Å². The first-order valence-corrected chi connectivity index (χ1v) is 12.2. The van der Waals surface area contributed by atoms with Gasteiger partial charge < -0.3 is 9.47 Å². The molecule has 0 amide bonds. The Balaban J connectivity index is 1.39. The molecule has 0 radical (unpaired) electrons.